The number of rotatable bonds is 0. The van der Waals surface area contributed by atoms with Crippen LogP contribution in [-0.4, -0.2) is 21.2 Å². The van der Waals surface area contributed by atoms with Gasteiger partial charge in [-0.05, 0) is 32.6 Å². The first-order valence-corrected chi connectivity index (χ1v) is 4.98. The first-order chi connectivity index (χ1) is 4.66. The highest BCUT2D eigenvalue weighted by Gasteiger charge is 2.40. The van der Waals surface area contributed by atoms with E-state index >= 15 is 0 Å². The smallest absolute Gasteiger partial charge is 0.0640 e. The molecular formula is C8H14OS. The van der Waals surface area contributed by atoms with Gasteiger partial charge in [0, 0.05) is 10.5 Å². The van der Waals surface area contributed by atoms with Gasteiger partial charge in [-0.25, -0.2) is 0 Å². The van der Waals surface area contributed by atoms with Crippen molar-refractivity contribution in [2.45, 2.75) is 48.7 Å². The van der Waals surface area contributed by atoms with E-state index < -0.39 is 0 Å². The molecule has 10 heavy (non-hydrogen) atoms. The van der Waals surface area contributed by atoms with E-state index in [1.807, 2.05) is 6.92 Å². The zero-order valence-corrected chi connectivity index (χ0v) is 7.16. The molecule has 2 aliphatic rings. The highest BCUT2D eigenvalue weighted by molar-refractivity contribution is 8.00. The second kappa shape index (κ2) is 2.15. The predicted octanol–water partition coefficient (Wildman–Crippen LogP) is 1.80. The van der Waals surface area contributed by atoms with Crippen LogP contribution in [0.5, 0.6) is 0 Å². The highest BCUT2D eigenvalue weighted by Crippen LogP contribution is 2.47. The second-order valence-corrected chi connectivity index (χ2v) is 5.47. The molecule has 2 unspecified atom stereocenters. The van der Waals surface area contributed by atoms with Crippen LogP contribution in [0.15, 0.2) is 0 Å². The van der Waals surface area contributed by atoms with Crippen LogP contribution >= 0.6 is 11.8 Å². The van der Waals surface area contributed by atoms with Crippen molar-refractivity contribution in [2.75, 3.05) is 0 Å². The average molecular weight is 158 g/mol. The van der Waals surface area contributed by atoms with Crippen LogP contribution in [0.1, 0.15) is 32.6 Å². The Balaban J connectivity index is 2.09. The fourth-order valence-electron chi connectivity index (χ4n) is 2.14. The lowest BCUT2D eigenvalue weighted by Gasteiger charge is -2.32. The molecule has 0 aliphatic carbocycles. The number of aliphatic hydroxyl groups is 1. The lowest BCUT2D eigenvalue weighted by Crippen LogP contribution is -2.33. The fraction of sp³-hybridized carbons (Fsp3) is 1.00. The van der Waals surface area contributed by atoms with E-state index in [1.165, 1.54) is 12.8 Å². The van der Waals surface area contributed by atoms with Crippen LogP contribution in [0.3, 0.4) is 0 Å². The summed E-state index contributed by atoms with van der Waals surface area (Å²) in [6.07, 6.45) is 4.72. The Bertz CT molecular complexity index is 130. The quantitative estimate of drug-likeness (QED) is 0.580. The summed E-state index contributed by atoms with van der Waals surface area (Å²) in [6, 6.07) is 0. The molecule has 0 amide bonds. The molecule has 0 aromatic carbocycles. The molecule has 58 valence electrons. The van der Waals surface area contributed by atoms with E-state index in [4.69, 9.17) is 0 Å². The minimum absolute atomic E-state index is 0.336. The lowest BCUT2D eigenvalue weighted by atomic mass is 9.96. The Morgan fingerprint density at radius 1 is 1.30 bits per heavy atom. The van der Waals surface area contributed by atoms with Crippen LogP contribution in [-0.2, 0) is 0 Å². The summed E-state index contributed by atoms with van der Waals surface area (Å²) in [5.41, 5.74) is -0.336. The fourth-order valence-corrected chi connectivity index (χ4v) is 4.14. The summed E-state index contributed by atoms with van der Waals surface area (Å²) in [4.78, 5) is 0. The van der Waals surface area contributed by atoms with Crippen molar-refractivity contribution in [2.24, 2.45) is 0 Å². The van der Waals surface area contributed by atoms with Crippen LogP contribution in [0.2, 0.25) is 0 Å². The second-order valence-electron chi connectivity index (χ2n) is 3.86. The van der Waals surface area contributed by atoms with Gasteiger partial charge in [0.1, 0.15) is 0 Å². The summed E-state index contributed by atoms with van der Waals surface area (Å²) in [5.74, 6) is 0. The molecule has 2 aliphatic heterocycles. The van der Waals surface area contributed by atoms with Gasteiger partial charge in [-0.2, -0.15) is 11.8 Å². The predicted molar refractivity (Wildman–Crippen MR) is 44.3 cm³/mol. The van der Waals surface area contributed by atoms with Gasteiger partial charge in [0.25, 0.3) is 0 Å². The lowest BCUT2D eigenvalue weighted by molar-refractivity contribution is 0.0433. The Kier molecular flexibility index (Phi) is 1.50. The third kappa shape index (κ3) is 1.19. The van der Waals surface area contributed by atoms with Gasteiger partial charge in [-0.3, -0.25) is 0 Å². The van der Waals surface area contributed by atoms with E-state index in [2.05, 4.69) is 11.8 Å². The van der Waals surface area contributed by atoms with Gasteiger partial charge in [0.05, 0.1) is 5.60 Å². The van der Waals surface area contributed by atoms with Crippen molar-refractivity contribution in [3.05, 3.63) is 0 Å². The summed E-state index contributed by atoms with van der Waals surface area (Å²) in [6.45, 7) is 1.98. The summed E-state index contributed by atoms with van der Waals surface area (Å²) in [5, 5.41) is 11.3. The molecule has 2 bridgehead atoms. The summed E-state index contributed by atoms with van der Waals surface area (Å²) < 4.78 is 0. The van der Waals surface area contributed by atoms with Gasteiger partial charge in [-0.15, -0.1) is 0 Å². The van der Waals surface area contributed by atoms with Crippen LogP contribution in [0.25, 0.3) is 0 Å². The maximum absolute atomic E-state index is 9.74. The molecule has 2 fully saturated rings. The molecule has 0 aromatic rings. The standard InChI is InChI=1S/C8H14OS/c1-8(9)4-6-2-3-7(5-8)10-6/h6-7,9H,2-5H2,1H3/t6-,7?,8?/m1/s1. The van der Waals surface area contributed by atoms with Crippen molar-refractivity contribution in [1.29, 1.82) is 0 Å². The molecule has 0 spiro atoms. The minimum Gasteiger partial charge on any atom is -0.390 e. The number of hydrogen-bond acceptors (Lipinski definition) is 2. The molecule has 0 saturated carbocycles. The van der Waals surface area contributed by atoms with Gasteiger partial charge in [-0.1, -0.05) is 0 Å². The Hall–Kier alpha value is 0.310. The molecule has 1 nitrogen and oxygen atoms in total. The van der Waals surface area contributed by atoms with Crippen molar-refractivity contribution >= 4 is 11.8 Å². The highest BCUT2D eigenvalue weighted by atomic mass is 32.2. The van der Waals surface area contributed by atoms with E-state index in [-0.39, 0.29) is 5.60 Å². The third-order valence-corrected chi connectivity index (χ3v) is 4.10. The van der Waals surface area contributed by atoms with E-state index in [0.29, 0.717) is 0 Å². The Morgan fingerprint density at radius 3 is 2.30 bits per heavy atom. The van der Waals surface area contributed by atoms with Crippen LogP contribution in [0.4, 0.5) is 0 Å². The molecular weight excluding hydrogens is 144 g/mol. The third-order valence-electron chi connectivity index (χ3n) is 2.53. The average Bonchev–Trinajstić information content (AvgIpc) is 2.08. The van der Waals surface area contributed by atoms with E-state index in [0.717, 1.165) is 23.3 Å². The molecule has 2 heteroatoms. The molecule has 2 rings (SSSR count). The van der Waals surface area contributed by atoms with Crippen molar-refractivity contribution in [3.8, 4) is 0 Å². The monoisotopic (exact) mass is 158 g/mol. The minimum atomic E-state index is -0.336. The zero-order valence-electron chi connectivity index (χ0n) is 6.34. The van der Waals surface area contributed by atoms with Gasteiger partial charge in [0.2, 0.25) is 0 Å². The van der Waals surface area contributed by atoms with Crippen molar-refractivity contribution in [3.63, 3.8) is 0 Å². The topological polar surface area (TPSA) is 20.2 Å². The Labute approximate surface area is 66.2 Å². The first-order valence-electron chi connectivity index (χ1n) is 4.04. The van der Waals surface area contributed by atoms with E-state index in [1.54, 1.807) is 0 Å². The molecule has 1 N–H and O–H groups in total. The number of hydrogen-bond donors (Lipinski definition) is 1. The Morgan fingerprint density at radius 2 is 1.80 bits per heavy atom. The van der Waals surface area contributed by atoms with Gasteiger partial charge in [0.15, 0.2) is 0 Å². The molecule has 0 radical (unpaired) electrons. The largest absolute Gasteiger partial charge is 0.390 e. The maximum Gasteiger partial charge on any atom is 0.0640 e. The molecule has 2 heterocycles. The molecule has 0 aromatic heterocycles. The molecule has 3 atom stereocenters. The van der Waals surface area contributed by atoms with E-state index in [9.17, 15) is 5.11 Å². The van der Waals surface area contributed by atoms with Crippen LogP contribution in [0, 0.1) is 0 Å². The maximum atomic E-state index is 9.74. The number of fused-ring (bicyclic) bond motifs is 2. The zero-order chi connectivity index (χ0) is 7.19. The van der Waals surface area contributed by atoms with Gasteiger partial charge < -0.3 is 5.11 Å². The van der Waals surface area contributed by atoms with Crippen molar-refractivity contribution < 1.29 is 5.11 Å². The van der Waals surface area contributed by atoms with Crippen LogP contribution < -0.4 is 0 Å². The summed E-state index contributed by atoms with van der Waals surface area (Å²) >= 11 is 2.09. The SMILES string of the molecule is CC1(O)CC2CC[C@H](C1)S2. The first kappa shape index (κ1) is 6.99. The summed E-state index contributed by atoms with van der Waals surface area (Å²) in [7, 11) is 0. The molecule has 2 saturated heterocycles. The number of thioether (sulfide) groups is 1. The van der Waals surface area contributed by atoms with Gasteiger partial charge >= 0.3 is 0 Å². The normalized spacial score (nSPS) is 53.4. The van der Waals surface area contributed by atoms with Crippen molar-refractivity contribution in [1.82, 2.24) is 0 Å².